The van der Waals surface area contributed by atoms with E-state index in [2.05, 4.69) is 31.4 Å². The van der Waals surface area contributed by atoms with Crippen LogP contribution in [0.15, 0.2) is 6.07 Å². The van der Waals surface area contributed by atoms with Crippen LogP contribution in [-0.2, 0) is 16.7 Å². The molecule has 18 heavy (non-hydrogen) atoms. The Balaban J connectivity index is 2.15. The summed E-state index contributed by atoms with van der Waals surface area (Å²) in [5.74, 6) is 0.313. The molecule has 1 aromatic heterocycles. The minimum atomic E-state index is 0.00921. The van der Waals surface area contributed by atoms with E-state index in [0.29, 0.717) is 12.2 Å². The molecule has 1 aliphatic carbocycles. The molecule has 1 saturated heterocycles. The Hall–Kier alpha value is -1.09. The van der Waals surface area contributed by atoms with Gasteiger partial charge in [0.1, 0.15) is 0 Å². The van der Waals surface area contributed by atoms with Crippen LogP contribution in [0.5, 0.6) is 0 Å². The van der Waals surface area contributed by atoms with Gasteiger partial charge < -0.3 is 9.30 Å². The Bertz CT molecular complexity index is 503. The maximum atomic E-state index is 12.0. The van der Waals surface area contributed by atoms with Gasteiger partial charge >= 0.3 is 0 Å². The highest BCUT2D eigenvalue weighted by Gasteiger charge is 2.41. The summed E-state index contributed by atoms with van der Waals surface area (Å²) in [6.07, 6.45) is 3.96. The van der Waals surface area contributed by atoms with Crippen LogP contribution in [0.4, 0.5) is 0 Å². The summed E-state index contributed by atoms with van der Waals surface area (Å²) in [7, 11) is 0. The quantitative estimate of drug-likeness (QED) is 0.764. The molecule has 2 heterocycles. The highest BCUT2D eigenvalue weighted by atomic mass is 16.5. The maximum Gasteiger partial charge on any atom is 0.164 e. The summed E-state index contributed by atoms with van der Waals surface area (Å²) in [5.41, 5.74) is 3.41. The van der Waals surface area contributed by atoms with Gasteiger partial charge in [-0.15, -0.1) is 0 Å². The summed E-state index contributed by atoms with van der Waals surface area (Å²) < 4.78 is 8.15. The third kappa shape index (κ3) is 1.50. The van der Waals surface area contributed by atoms with Gasteiger partial charge in [0, 0.05) is 30.0 Å². The largest absolute Gasteiger partial charge is 0.376 e. The molecule has 3 nitrogen and oxygen atoms in total. The standard InChI is InChI=1S/C15H21NO2/c1-10-9-12-13(5-4-6-14(12)17)16(10)15(3)7-8-18-11(15)2/h9,11H,4-8H2,1-3H3. The van der Waals surface area contributed by atoms with Crippen LogP contribution in [0.3, 0.4) is 0 Å². The minimum absolute atomic E-state index is 0.00921. The van der Waals surface area contributed by atoms with Gasteiger partial charge in [-0.2, -0.15) is 0 Å². The fraction of sp³-hybridized carbons (Fsp3) is 0.667. The summed E-state index contributed by atoms with van der Waals surface area (Å²) in [4.78, 5) is 12.0. The van der Waals surface area contributed by atoms with E-state index in [0.717, 1.165) is 31.4 Å². The number of ketones is 1. The number of hydrogen-bond acceptors (Lipinski definition) is 2. The Kier molecular flexibility index (Phi) is 2.63. The monoisotopic (exact) mass is 247 g/mol. The normalized spacial score (nSPS) is 31.7. The molecule has 1 aromatic rings. The highest BCUT2D eigenvalue weighted by molar-refractivity contribution is 5.98. The second kappa shape index (κ2) is 3.95. The molecule has 1 aliphatic heterocycles. The van der Waals surface area contributed by atoms with E-state index in [4.69, 9.17) is 4.74 Å². The zero-order valence-electron chi connectivity index (χ0n) is 11.5. The lowest BCUT2D eigenvalue weighted by molar-refractivity contribution is 0.0737. The van der Waals surface area contributed by atoms with Gasteiger partial charge in [-0.3, -0.25) is 4.79 Å². The number of hydrogen-bond donors (Lipinski definition) is 0. The smallest absolute Gasteiger partial charge is 0.164 e. The van der Waals surface area contributed by atoms with Crippen molar-refractivity contribution in [3.63, 3.8) is 0 Å². The van der Waals surface area contributed by atoms with E-state index in [9.17, 15) is 4.79 Å². The molecule has 0 amide bonds. The second-order valence-corrected chi connectivity index (χ2v) is 5.88. The first-order valence-electron chi connectivity index (χ1n) is 6.90. The van der Waals surface area contributed by atoms with Gasteiger partial charge in [-0.25, -0.2) is 0 Å². The molecular formula is C15H21NO2. The number of rotatable bonds is 1. The van der Waals surface area contributed by atoms with Crippen LogP contribution in [0, 0.1) is 6.92 Å². The summed E-state index contributed by atoms with van der Waals surface area (Å²) >= 11 is 0. The number of ether oxygens (including phenoxy) is 1. The molecule has 98 valence electrons. The van der Waals surface area contributed by atoms with Crippen molar-refractivity contribution in [1.82, 2.24) is 4.57 Å². The lowest BCUT2D eigenvalue weighted by Gasteiger charge is -2.34. The van der Waals surface area contributed by atoms with Gasteiger partial charge in [-0.05, 0) is 46.1 Å². The zero-order valence-corrected chi connectivity index (χ0v) is 11.5. The number of carbonyl (C=O) groups excluding carboxylic acids is 1. The second-order valence-electron chi connectivity index (χ2n) is 5.88. The molecule has 3 heteroatoms. The first-order valence-corrected chi connectivity index (χ1v) is 6.90. The molecule has 0 bridgehead atoms. The van der Waals surface area contributed by atoms with E-state index >= 15 is 0 Å². The fourth-order valence-corrected chi connectivity index (χ4v) is 3.56. The molecule has 2 unspecified atom stereocenters. The molecule has 0 aromatic carbocycles. The van der Waals surface area contributed by atoms with Crippen LogP contribution in [0.1, 0.15) is 54.9 Å². The van der Waals surface area contributed by atoms with Crippen LogP contribution in [0.2, 0.25) is 0 Å². The van der Waals surface area contributed by atoms with Gasteiger partial charge in [-0.1, -0.05) is 0 Å². The summed E-state index contributed by atoms with van der Waals surface area (Å²) in [6.45, 7) is 7.33. The van der Waals surface area contributed by atoms with Crippen molar-refractivity contribution in [2.45, 2.75) is 58.1 Å². The van der Waals surface area contributed by atoms with Gasteiger partial charge in [0.15, 0.2) is 5.78 Å². The molecule has 0 spiro atoms. The number of nitrogens with zero attached hydrogens (tertiary/aromatic N) is 1. The van der Waals surface area contributed by atoms with Crippen molar-refractivity contribution in [3.05, 3.63) is 23.0 Å². The van der Waals surface area contributed by atoms with Crippen molar-refractivity contribution in [2.24, 2.45) is 0 Å². The van der Waals surface area contributed by atoms with E-state index < -0.39 is 0 Å². The van der Waals surface area contributed by atoms with Crippen LogP contribution in [0.25, 0.3) is 0 Å². The first kappa shape index (κ1) is 12.0. The van der Waals surface area contributed by atoms with Gasteiger partial charge in [0.2, 0.25) is 0 Å². The Labute approximate surface area is 108 Å². The molecule has 2 atom stereocenters. The zero-order chi connectivity index (χ0) is 12.9. The average Bonchev–Trinajstić information content (AvgIpc) is 2.82. The summed E-state index contributed by atoms with van der Waals surface area (Å²) in [5, 5.41) is 0. The van der Waals surface area contributed by atoms with Crippen molar-refractivity contribution in [3.8, 4) is 0 Å². The lowest BCUT2D eigenvalue weighted by Crippen LogP contribution is -2.39. The predicted molar refractivity (Wildman–Crippen MR) is 70.1 cm³/mol. The van der Waals surface area contributed by atoms with Gasteiger partial charge in [0.05, 0.1) is 11.6 Å². The molecule has 0 saturated carbocycles. The Morgan fingerprint density at radius 2 is 2.22 bits per heavy atom. The average molecular weight is 247 g/mol. The molecule has 0 N–H and O–H groups in total. The minimum Gasteiger partial charge on any atom is -0.376 e. The topological polar surface area (TPSA) is 31.2 Å². The lowest BCUT2D eigenvalue weighted by atomic mass is 9.91. The molecule has 0 radical (unpaired) electrons. The number of aryl methyl sites for hydroxylation is 1. The Morgan fingerprint density at radius 1 is 1.44 bits per heavy atom. The molecule has 2 aliphatic rings. The van der Waals surface area contributed by atoms with Crippen molar-refractivity contribution >= 4 is 5.78 Å². The van der Waals surface area contributed by atoms with E-state index in [1.54, 1.807) is 0 Å². The predicted octanol–water partition coefficient (Wildman–Crippen LogP) is 2.84. The maximum absolute atomic E-state index is 12.0. The number of aromatic nitrogens is 1. The van der Waals surface area contributed by atoms with Crippen molar-refractivity contribution in [1.29, 1.82) is 0 Å². The van der Waals surface area contributed by atoms with Gasteiger partial charge in [0.25, 0.3) is 0 Å². The number of fused-ring (bicyclic) bond motifs is 1. The van der Waals surface area contributed by atoms with E-state index in [-0.39, 0.29) is 11.6 Å². The molecule has 1 fully saturated rings. The van der Waals surface area contributed by atoms with Crippen LogP contribution < -0.4 is 0 Å². The SMILES string of the molecule is Cc1cc2c(n1C1(C)CCOC1C)CCCC2=O. The van der Waals surface area contributed by atoms with Crippen molar-refractivity contribution in [2.75, 3.05) is 6.61 Å². The third-order valence-corrected chi connectivity index (χ3v) is 4.77. The summed E-state index contributed by atoms with van der Waals surface area (Å²) in [6, 6.07) is 2.08. The number of carbonyl (C=O) groups is 1. The first-order chi connectivity index (χ1) is 8.54. The van der Waals surface area contributed by atoms with Crippen LogP contribution in [-0.4, -0.2) is 23.1 Å². The third-order valence-electron chi connectivity index (χ3n) is 4.77. The Morgan fingerprint density at radius 3 is 2.89 bits per heavy atom. The van der Waals surface area contributed by atoms with E-state index in [1.165, 1.54) is 11.4 Å². The molecule has 3 rings (SSSR count). The van der Waals surface area contributed by atoms with Crippen LogP contribution >= 0.6 is 0 Å². The van der Waals surface area contributed by atoms with E-state index in [1.807, 2.05) is 0 Å². The highest BCUT2D eigenvalue weighted by Crippen LogP contribution is 2.38. The fourth-order valence-electron chi connectivity index (χ4n) is 3.56. The number of Topliss-reactive ketones (excluding diaryl/α,β-unsaturated/α-hetero) is 1. The molecular weight excluding hydrogens is 226 g/mol. The van der Waals surface area contributed by atoms with Crippen molar-refractivity contribution < 1.29 is 9.53 Å².